The minimum absolute atomic E-state index is 0. The van der Waals surface area contributed by atoms with Gasteiger partial charge in [-0.05, 0) is 39.0 Å². The van der Waals surface area contributed by atoms with Crippen LogP contribution in [0, 0.1) is 5.41 Å². The first kappa shape index (κ1) is 26.4. The molecule has 2 aliphatic rings. The standard InChI is InChI=1S/C21H41N5O2.HI/c1-4-12-23-19(28)15-26-13-9-17(10-14-26)25-20(22-5-2)24-16-21(3)11-7-6-8-18(21)27;/h17-18,27H,4-16H2,1-3H3,(H,23,28)(H2,22,24,25);1H. The molecular formula is C21H42IN5O2. The quantitative estimate of drug-likeness (QED) is 0.222. The van der Waals surface area contributed by atoms with Crippen LogP contribution in [0.15, 0.2) is 4.99 Å². The van der Waals surface area contributed by atoms with Crippen LogP contribution in [0.5, 0.6) is 0 Å². The summed E-state index contributed by atoms with van der Waals surface area (Å²) in [6, 6.07) is 0.372. The third-order valence-electron chi connectivity index (χ3n) is 6.09. The zero-order valence-electron chi connectivity index (χ0n) is 18.5. The zero-order chi connectivity index (χ0) is 20.4. The smallest absolute Gasteiger partial charge is 0.234 e. The molecule has 29 heavy (non-hydrogen) atoms. The molecule has 2 atom stereocenters. The number of nitrogens with zero attached hydrogens (tertiary/aromatic N) is 2. The van der Waals surface area contributed by atoms with Crippen molar-refractivity contribution in [3.8, 4) is 0 Å². The highest BCUT2D eigenvalue weighted by Gasteiger charge is 2.35. The Balaban J connectivity index is 0.00000420. The normalized spacial score (nSPS) is 26.5. The van der Waals surface area contributed by atoms with Crippen LogP contribution in [-0.4, -0.2) is 73.3 Å². The summed E-state index contributed by atoms with van der Waals surface area (Å²) in [7, 11) is 0. The Kier molecular flexibility index (Phi) is 12.4. The second kappa shape index (κ2) is 13.6. The molecule has 1 saturated carbocycles. The lowest BCUT2D eigenvalue weighted by Crippen LogP contribution is -2.50. The molecule has 4 N–H and O–H groups in total. The minimum atomic E-state index is -0.255. The Morgan fingerprint density at radius 2 is 1.90 bits per heavy atom. The third-order valence-corrected chi connectivity index (χ3v) is 6.09. The van der Waals surface area contributed by atoms with Gasteiger partial charge >= 0.3 is 0 Å². The minimum Gasteiger partial charge on any atom is -0.392 e. The van der Waals surface area contributed by atoms with Crippen LogP contribution in [0.25, 0.3) is 0 Å². The summed E-state index contributed by atoms with van der Waals surface area (Å²) in [6.07, 6.45) is 6.95. The van der Waals surface area contributed by atoms with Gasteiger partial charge in [-0.2, -0.15) is 0 Å². The monoisotopic (exact) mass is 523 g/mol. The molecule has 8 heteroatoms. The van der Waals surface area contributed by atoms with Crippen LogP contribution in [0.4, 0.5) is 0 Å². The lowest BCUT2D eigenvalue weighted by atomic mass is 9.73. The first-order chi connectivity index (χ1) is 13.5. The van der Waals surface area contributed by atoms with Crippen molar-refractivity contribution in [2.24, 2.45) is 10.4 Å². The van der Waals surface area contributed by atoms with Gasteiger partial charge in [0.25, 0.3) is 0 Å². The van der Waals surface area contributed by atoms with E-state index in [0.717, 1.165) is 70.7 Å². The van der Waals surface area contributed by atoms with Gasteiger partial charge in [-0.25, -0.2) is 0 Å². The molecule has 0 aromatic heterocycles. The van der Waals surface area contributed by atoms with E-state index in [1.165, 1.54) is 6.42 Å². The predicted molar refractivity (Wildman–Crippen MR) is 130 cm³/mol. The van der Waals surface area contributed by atoms with E-state index in [4.69, 9.17) is 4.99 Å². The van der Waals surface area contributed by atoms with E-state index >= 15 is 0 Å². The van der Waals surface area contributed by atoms with E-state index in [1.807, 2.05) is 0 Å². The maximum Gasteiger partial charge on any atom is 0.234 e. The van der Waals surface area contributed by atoms with Crippen LogP contribution in [-0.2, 0) is 4.79 Å². The molecule has 2 rings (SSSR count). The molecule has 1 amide bonds. The fourth-order valence-corrected chi connectivity index (χ4v) is 4.10. The molecule has 7 nitrogen and oxygen atoms in total. The lowest BCUT2D eigenvalue weighted by molar-refractivity contribution is -0.122. The number of rotatable bonds is 8. The molecule has 0 bridgehead atoms. The van der Waals surface area contributed by atoms with Crippen molar-refractivity contribution in [2.75, 3.05) is 39.3 Å². The van der Waals surface area contributed by atoms with E-state index in [-0.39, 0.29) is 41.4 Å². The molecule has 0 aromatic rings. The molecule has 170 valence electrons. The van der Waals surface area contributed by atoms with Crippen molar-refractivity contribution in [1.82, 2.24) is 20.9 Å². The Morgan fingerprint density at radius 1 is 1.17 bits per heavy atom. The van der Waals surface area contributed by atoms with Crippen LogP contribution in [0.1, 0.15) is 65.7 Å². The van der Waals surface area contributed by atoms with Gasteiger partial charge in [-0.15, -0.1) is 24.0 Å². The maximum absolute atomic E-state index is 11.9. The number of guanidine groups is 1. The van der Waals surface area contributed by atoms with Crippen LogP contribution in [0.2, 0.25) is 0 Å². The van der Waals surface area contributed by atoms with Crippen LogP contribution >= 0.6 is 24.0 Å². The molecule has 2 unspecified atom stereocenters. The van der Waals surface area contributed by atoms with E-state index < -0.39 is 0 Å². The molecule has 0 radical (unpaired) electrons. The highest BCUT2D eigenvalue weighted by Crippen LogP contribution is 2.36. The number of hydrogen-bond donors (Lipinski definition) is 4. The second-order valence-electron chi connectivity index (χ2n) is 8.66. The average Bonchev–Trinajstić information content (AvgIpc) is 2.69. The fourth-order valence-electron chi connectivity index (χ4n) is 4.10. The number of likely N-dealkylation sites (tertiary alicyclic amines) is 1. The molecule has 1 saturated heterocycles. The SMILES string of the molecule is CCCNC(=O)CN1CCC(NC(=NCC2(C)CCCCC2O)NCC)CC1.I. The van der Waals surface area contributed by atoms with Crippen molar-refractivity contribution in [1.29, 1.82) is 0 Å². The summed E-state index contributed by atoms with van der Waals surface area (Å²) in [5, 5.41) is 20.3. The number of nitrogens with one attached hydrogen (secondary N) is 3. The molecule has 1 aliphatic heterocycles. The first-order valence-electron chi connectivity index (χ1n) is 11.2. The number of carbonyl (C=O) groups is 1. The number of amides is 1. The summed E-state index contributed by atoms with van der Waals surface area (Å²) in [5.41, 5.74) is -0.115. The zero-order valence-corrected chi connectivity index (χ0v) is 20.8. The molecule has 0 aromatic carbocycles. The maximum atomic E-state index is 11.9. The highest BCUT2D eigenvalue weighted by atomic mass is 127. The molecule has 1 heterocycles. The molecule has 2 fully saturated rings. The van der Waals surface area contributed by atoms with E-state index in [1.54, 1.807) is 0 Å². The number of piperidine rings is 1. The topological polar surface area (TPSA) is 89.0 Å². The summed E-state index contributed by atoms with van der Waals surface area (Å²) < 4.78 is 0. The van der Waals surface area contributed by atoms with Crippen molar-refractivity contribution >= 4 is 35.8 Å². The average molecular weight is 524 g/mol. The van der Waals surface area contributed by atoms with Gasteiger partial charge in [0, 0.05) is 37.6 Å². The van der Waals surface area contributed by atoms with Crippen LogP contribution < -0.4 is 16.0 Å². The van der Waals surface area contributed by atoms with Gasteiger partial charge in [0.2, 0.25) is 5.91 Å². The van der Waals surface area contributed by atoms with Crippen molar-refractivity contribution in [3.63, 3.8) is 0 Å². The van der Waals surface area contributed by atoms with Gasteiger partial charge < -0.3 is 21.1 Å². The summed E-state index contributed by atoms with van der Waals surface area (Å²) >= 11 is 0. The number of aliphatic hydroxyl groups excluding tert-OH is 1. The fraction of sp³-hybridized carbons (Fsp3) is 0.905. The Hall–Kier alpha value is -0.610. The predicted octanol–water partition coefficient (Wildman–Crippen LogP) is 2.09. The summed E-state index contributed by atoms with van der Waals surface area (Å²) in [5.74, 6) is 0.975. The Labute approximate surface area is 193 Å². The number of aliphatic hydroxyl groups is 1. The van der Waals surface area contributed by atoms with Gasteiger partial charge in [-0.1, -0.05) is 26.7 Å². The number of aliphatic imine (C=N–C) groups is 1. The van der Waals surface area contributed by atoms with Gasteiger partial charge in [0.05, 0.1) is 19.2 Å². The van der Waals surface area contributed by atoms with Gasteiger partial charge in [0.15, 0.2) is 5.96 Å². The molecular weight excluding hydrogens is 481 g/mol. The van der Waals surface area contributed by atoms with Gasteiger partial charge in [0.1, 0.15) is 0 Å². The number of hydrogen-bond acceptors (Lipinski definition) is 4. The largest absolute Gasteiger partial charge is 0.392 e. The van der Waals surface area contributed by atoms with Crippen molar-refractivity contribution in [2.45, 2.75) is 77.9 Å². The Bertz CT molecular complexity index is 511. The van der Waals surface area contributed by atoms with E-state index in [0.29, 0.717) is 19.1 Å². The second-order valence-corrected chi connectivity index (χ2v) is 8.66. The summed E-state index contributed by atoms with van der Waals surface area (Å²) in [6.45, 7) is 10.9. The van der Waals surface area contributed by atoms with Crippen molar-refractivity contribution in [3.05, 3.63) is 0 Å². The third kappa shape index (κ3) is 8.96. The summed E-state index contributed by atoms with van der Waals surface area (Å²) in [4.78, 5) is 18.9. The van der Waals surface area contributed by atoms with Crippen LogP contribution in [0.3, 0.4) is 0 Å². The van der Waals surface area contributed by atoms with E-state index in [2.05, 4.69) is 41.6 Å². The number of halogens is 1. The Morgan fingerprint density at radius 3 is 2.52 bits per heavy atom. The van der Waals surface area contributed by atoms with Gasteiger partial charge in [-0.3, -0.25) is 14.7 Å². The molecule has 0 spiro atoms. The highest BCUT2D eigenvalue weighted by molar-refractivity contribution is 14.0. The first-order valence-corrected chi connectivity index (χ1v) is 11.2. The van der Waals surface area contributed by atoms with Crippen molar-refractivity contribution < 1.29 is 9.90 Å². The molecule has 1 aliphatic carbocycles. The number of carbonyl (C=O) groups excluding carboxylic acids is 1. The lowest BCUT2D eigenvalue weighted by Gasteiger charge is -2.37. The van der Waals surface area contributed by atoms with E-state index in [9.17, 15) is 9.90 Å².